The summed E-state index contributed by atoms with van der Waals surface area (Å²) in [5.41, 5.74) is 0.0856. The van der Waals surface area contributed by atoms with Crippen LogP contribution in [0.25, 0.3) is 0 Å². The molecule has 6 nitrogen and oxygen atoms in total. The SMILES string of the molecule is CC1CCC(C(=O)OCC(C)(C)CP)CC1.CC1CCC(C(=O)OCP)CC1.CC1CCC(OC(=O)CP)CC1. The topological polar surface area (TPSA) is 78.9 Å². The summed E-state index contributed by atoms with van der Waals surface area (Å²) in [4.78, 5) is 34.0. The number of rotatable bonds is 8. The molecule has 0 saturated heterocycles. The van der Waals surface area contributed by atoms with Gasteiger partial charge in [-0.2, -0.15) is 0 Å². The number of hydrogen-bond acceptors (Lipinski definition) is 6. The minimum absolute atomic E-state index is 0.00287. The minimum Gasteiger partial charge on any atom is -0.465 e. The van der Waals surface area contributed by atoms with Crippen LogP contribution in [0.3, 0.4) is 0 Å². The highest BCUT2D eigenvalue weighted by atomic mass is 31.0. The predicted molar refractivity (Wildman–Crippen MR) is 174 cm³/mol. The monoisotopic (exact) mass is 620 g/mol. The van der Waals surface area contributed by atoms with E-state index in [1.165, 1.54) is 38.5 Å². The third-order valence-electron chi connectivity index (χ3n) is 8.51. The molecule has 3 atom stereocenters. The first-order valence-corrected chi connectivity index (χ1v) is 18.0. The smallest absolute Gasteiger partial charge is 0.309 e. The molecule has 0 spiro atoms. The Morgan fingerprint density at radius 3 is 1.43 bits per heavy atom. The number of esters is 3. The lowest BCUT2D eigenvalue weighted by Crippen LogP contribution is -2.28. The highest BCUT2D eigenvalue weighted by Gasteiger charge is 2.27. The molecule has 3 aliphatic carbocycles. The number of ether oxygens (including phenoxy) is 3. The average molecular weight is 621 g/mol. The Morgan fingerprint density at radius 2 is 1.05 bits per heavy atom. The van der Waals surface area contributed by atoms with Gasteiger partial charge < -0.3 is 14.2 Å². The summed E-state index contributed by atoms with van der Waals surface area (Å²) in [7, 11) is 7.51. The van der Waals surface area contributed by atoms with E-state index in [0.717, 1.165) is 62.4 Å². The number of carbonyl (C=O) groups is 3. The molecule has 0 radical (unpaired) electrons. The zero-order valence-electron chi connectivity index (χ0n) is 26.0. The second kappa shape index (κ2) is 20.6. The summed E-state index contributed by atoms with van der Waals surface area (Å²) in [6.07, 6.45) is 15.3. The Morgan fingerprint density at radius 1 is 0.650 bits per heavy atom. The Balaban J connectivity index is 0.000000305. The summed E-state index contributed by atoms with van der Waals surface area (Å²) >= 11 is 0. The molecule has 3 aliphatic rings. The second-order valence-electron chi connectivity index (χ2n) is 13.1. The molecular formula is C31H59O6P3. The summed E-state index contributed by atoms with van der Waals surface area (Å²) in [6, 6.07) is 0. The molecule has 3 saturated carbocycles. The molecule has 0 aliphatic heterocycles. The molecule has 3 rings (SSSR count). The maximum atomic E-state index is 11.8. The van der Waals surface area contributed by atoms with Gasteiger partial charge in [0.25, 0.3) is 0 Å². The standard InChI is InChI=1S/C13H25O2P.2C9H17O2P/c1-10-4-6-11(7-5-10)12(14)15-8-13(2,3)9-16;1-7-2-4-8(5-3-7)9(10)11-6-12;1-7-2-4-8(5-3-7)11-9(10)6-12/h10-11H,4-9,16H2,1-3H3;2*7-8H,2-6,12H2,1H3. The van der Waals surface area contributed by atoms with Crippen molar-refractivity contribution in [2.24, 2.45) is 35.0 Å². The van der Waals surface area contributed by atoms with Gasteiger partial charge in [0.15, 0.2) is 0 Å². The van der Waals surface area contributed by atoms with E-state index < -0.39 is 0 Å². The summed E-state index contributed by atoms with van der Waals surface area (Å²) in [5, 5.41) is 0. The first kappa shape index (κ1) is 37.7. The van der Waals surface area contributed by atoms with Crippen LogP contribution >= 0.6 is 27.7 Å². The molecule has 0 aromatic heterocycles. The van der Waals surface area contributed by atoms with Crippen molar-refractivity contribution in [1.29, 1.82) is 0 Å². The van der Waals surface area contributed by atoms with Gasteiger partial charge in [0.2, 0.25) is 0 Å². The van der Waals surface area contributed by atoms with Gasteiger partial charge in [-0.3, -0.25) is 14.4 Å². The fourth-order valence-corrected chi connectivity index (χ4v) is 5.59. The van der Waals surface area contributed by atoms with Crippen molar-refractivity contribution in [3.05, 3.63) is 0 Å². The summed E-state index contributed by atoms with van der Waals surface area (Å²) in [6.45, 7) is 11.6. The van der Waals surface area contributed by atoms with E-state index in [0.29, 0.717) is 19.1 Å². The molecule has 0 amide bonds. The predicted octanol–water partition coefficient (Wildman–Crippen LogP) is 7.43. The van der Waals surface area contributed by atoms with Crippen molar-refractivity contribution >= 4 is 45.6 Å². The molecule has 0 N–H and O–H groups in total. The van der Waals surface area contributed by atoms with Gasteiger partial charge in [0.1, 0.15) is 12.5 Å². The highest BCUT2D eigenvalue weighted by Crippen LogP contribution is 2.30. The van der Waals surface area contributed by atoms with Gasteiger partial charge in [0.05, 0.1) is 24.6 Å². The average Bonchev–Trinajstić information content (AvgIpc) is 2.94. The van der Waals surface area contributed by atoms with E-state index in [4.69, 9.17) is 14.2 Å². The third-order valence-corrected chi connectivity index (χ3v) is 10.1. The zero-order chi connectivity index (χ0) is 30.1. The van der Waals surface area contributed by atoms with Crippen molar-refractivity contribution in [3.63, 3.8) is 0 Å². The van der Waals surface area contributed by atoms with Gasteiger partial charge in [0, 0.05) is 5.41 Å². The van der Waals surface area contributed by atoms with Crippen molar-refractivity contribution < 1.29 is 28.6 Å². The van der Waals surface area contributed by atoms with Crippen LogP contribution in [0.4, 0.5) is 0 Å². The van der Waals surface area contributed by atoms with Gasteiger partial charge in [-0.05, 0) is 101 Å². The lowest BCUT2D eigenvalue weighted by atomic mass is 9.83. The molecule has 0 heterocycles. The summed E-state index contributed by atoms with van der Waals surface area (Å²) < 4.78 is 15.6. The normalized spacial score (nSPS) is 28.5. The lowest BCUT2D eigenvalue weighted by molar-refractivity contribution is -0.152. The molecule has 9 heteroatoms. The molecule has 40 heavy (non-hydrogen) atoms. The number of carbonyl (C=O) groups excluding carboxylic acids is 3. The van der Waals surface area contributed by atoms with E-state index in [9.17, 15) is 14.4 Å². The maximum absolute atomic E-state index is 11.8. The van der Waals surface area contributed by atoms with E-state index in [2.05, 4.69) is 62.3 Å². The fraction of sp³-hybridized carbons (Fsp3) is 0.903. The van der Waals surface area contributed by atoms with Crippen LogP contribution in [0.5, 0.6) is 0 Å². The Kier molecular flexibility index (Phi) is 19.4. The quantitative estimate of drug-likeness (QED) is 0.160. The molecular weight excluding hydrogens is 561 g/mol. The van der Waals surface area contributed by atoms with Crippen LogP contribution in [-0.4, -0.2) is 49.3 Å². The van der Waals surface area contributed by atoms with Gasteiger partial charge in [-0.15, -0.1) is 18.5 Å². The van der Waals surface area contributed by atoms with Crippen molar-refractivity contribution in [2.45, 2.75) is 118 Å². The lowest BCUT2D eigenvalue weighted by Gasteiger charge is -2.27. The van der Waals surface area contributed by atoms with Gasteiger partial charge in [-0.25, -0.2) is 0 Å². The summed E-state index contributed by atoms with van der Waals surface area (Å²) in [5.74, 6) is 2.68. The van der Waals surface area contributed by atoms with E-state index in [1.807, 2.05) is 0 Å². The van der Waals surface area contributed by atoms with Gasteiger partial charge in [-0.1, -0.05) is 43.9 Å². The first-order valence-electron chi connectivity index (χ1n) is 15.5. The van der Waals surface area contributed by atoms with Crippen LogP contribution in [0.2, 0.25) is 0 Å². The largest absolute Gasteiger partial charge is 0.465 e. The fourth-order valence-electron chi connectivity index (χ4n) is 5.22. The van der Waals surface area contributed by atoms with E-state index >= 15 is 0 Å². The van der Waals surface area contributed by atoms with Crippen LogP contribution in [0, 0.1) is 35.0 Å². The van der Waals surface area contributed by atoms with Crippen LogP contribution in [0.15, 0.2) is 0 Å². The molecule has 0 aromatic carbocycles. The Labute approximate surface area is 251 Å². The van der Waals surface area contributed by atoms with Crippen molar-refractivity contribution in [3.8, 4) is 0 Å². The highest BCUT2D eigenvalue weighted by molar-refractivity contribution is 7.18. The minimum atomic E-state index is -0.0837. The molecule has 234 valence electrons. The van der Waals surface area contributed by atoms with Gasteiger partial charge >= 0.3 is 17.9 Å². The second-order valence-corrected chi connectivity index (χ2v) is 14.2. The van der Waals surface area contributed by atoms with Crippen molar-refractivity contribution in [2.75, 3.05) is 25.3 Å². The molecule has 0 bridgehead atoms. The molecule has 3 unspecified atom stereocenters. The van der Waals surface area contributed by atoms with Crippen LogP contribution in [0.1, 0.15) is 112 Å². The van der Waals surface area contributed by atoms with E-state index in [1.54, 1.807) is 0 Å². The Hall–Kier alpha value is -0.300. The van der Waals surface area contributed by atoms with E-state index in [-0.39, 0.29) is 41.3 Å². The molecule has 3 fully saturated rings. The van der Waals surface area contributed by atoms with Crippen molar-refractivity contribution in [1.82, 2.24) is 0 Å². The van der Waals surface area contributed by atoms with Crippen LogP contribution in [-0.2, 0) is 28.6 Å². The zero-order valence-corrected chi connectivity index (χ0v) is 29.4. The number of hydrogen-bond donors (Lipinski definition) is 0. The maximum Gasteiger partial charge on any atom is 0.309 e. The Bertz CT molecular complexity index is 723. The molecule has 0 aromatic rings. The first-order chi connectivity index (χ1) is 18.9. The van der Waals surface area contributed by atoms with Crippen LogP contribution < -0.4 is 0 Å². The third kappa shape index (κ3) is 16.4.